The van der Waals surface area contributed by atoms with Crippen molar-refractivity contribution in [3.05, 3.63) is 150 Å². The van der Waals surface area contributed by atoms with E-state index in [0.29, 0.717) is 17.1 Å². The average molecular weight is 1260 g/mol. The van der Waals surface area contributed by atoms with Crippen molar-refractivity contribution in [1.82, 2.24) is 0 Å². The van der Waals surface area contributed by atoms with Gasteiger partial charge < -0.3 is 65.7 Å². The van der Waals surface area contributed by atoms with Crippen LogP contribution >= 0.6 is 0 Å². The van der Waals surface area contributed by atoms with Gasteiger partial charge >= 0.3 is 0 Å². The van der Waals surface area contributed by atoms with Gasteiger partial charge in [0.05, 0.1) is 65.5 Å². The summed E-state index contributed by atoms with van der Waals surface area (Å²) in [4.78, 5) is 39.2. The summed E-state index contributed by atoms with van der Waals surface area (Å²) in [6, 6.07) is 31.6. The quantitative estimate of drug-likeness (QED) is 0.0311. The molecule has 0 heterocycles. The normalized spacial score (nSPS) is 12.0. The molecule has 1 radical (unpaired) electrons. The molecule has 0 amide bonds. The van der Waals surface area contributed by atoms with Crippen LogP contribution in [0.3, 0.4) is 0 Å². The first kappa shape index (κ1) is 75.1. The van der Waals surface area contributed by atoms with Gasteiger partial charge in [0.25, 0.3) is 0 Å². The summed E-state index contributed by atoms with van der Waals surface area (Å²) in [5.41, 5.74) is 3.19. The minimum atomic E-state index is -0.467. The number of carbonyl (C=O) groups is 3. The van der Waals surface area contributed by atoms with Gasteiger partial charge in [0, 0.05) is 50.5 Å². The Kier molecular flexibility index (Phi) is 30.6. The third kappa shape index (κ3) is 22.1. The van der Waals surface area contributed by atoms with Crippen LogP contribution in [0.4, 0.5) is 0 Å². The summed E-state index contributed by atoms with van der Waals surface area (Å²) in [6.45, 7) is 35.7. The van der Waals surface area contributed by atoms with E-state index in [4.69, 9.17) is 37.9 Å². The summed E-state index contributed by atoms with van der Waals surface area (Å²) in [7, 11) is 0. The zero-order chi connectivity index (χ0) is 62.9. The first-order chi connectivity index (χ1) is 39.4. The molecule has 467 valence electrons. The van der Waals surface area contributed by atoms with Crippen LogP contribution in [0.5, 0.6) is 69.0 Å². The van der Waals surface area contributed by atoms with E-state index >= 15 is 0 Å². The number of ether oxygens (including phenoxy) is 8. The molecule has 0 saturated carbocycles. The van der Waals surface area contributed by atoms with Crippen molar-refractivity contribution in [2.45, 2.75) is 198 Å². The molecule has 0 saturated heterocycles. The summed E-state index contributed by atoms with van der Waals surface area (Å²) < 4.78 is 45.3. The Morgan fingerprint density at radius 1 is 0.291 bits per heavy atom. The van der Waals surface area contributed by atoms with Gasteiger partial charge in [-0.1, -0.05) is 57.2 Å². The maximum Gasteiger partial charge on any atom is 0.204 e. The van der Waals surface area contributed by atoms with Crippen molar-refractivity contribution >= 4 is 17.3 Å². The molecular weight excluding hydrogens is 1170 g/mol. The Bertz CT molecular complexity index is 3070. The zero-order valence-electron chi connectivity index (χ0n) is 54.1. The number of phenolic OH excluding ortho intramolecular Hbond substituents is 4. The summed E-state index contributed by atoms with van der Waals surface area (Å²) in [5.74, 6) is 0.518. The van der Waals surface area contributed by atoms with E-state index in [0.717, 1.165) is 33.9 Å². The molecule has 4 N–H and O–H groups in total. The van der Waals surface area contributed by atoms with Crippen molar-refractivity contribution < 1.29 is 105 Å². The topological polar surface area (TPSA) is 206 Å². The Labute approximate surface area is 536 Å². The number of ketones is 3. The van der Waals surface area contributed by atoms with Gasteiger partial charge in [-0.05, 0) is 200 Å². The van der Waals surface area contributed by atoms with Gasteiger partial charge in [0.1, 0.15) is 17.2 Å². The average Bonchev–Trinajstić information content (AvgIpc) is 1.28. The fourth-order valence-electron chi connectivity index (χ4n) is 8.49. The third-order valence-electron chi connectivity index (χ3n) is 12.3. The smallest absolute Gasteiger partial charge is 0.204 e. The molecule has 0 aliphatic carbocycles. The number of rotatable bonds is 25. The molecule has 0 aromatic heterocycles. The molecule has 0 fully saturated rings. The molecule has 3 unspecified atom stereocenters. The van der Waals surface area contributed by atoms with Crippen LogP contribution in [0.1, 0.15) is 197 Å². The van der Waals surface area contributed by atoms with Crippen LogP contribution in [0.15, 0.2) is 109 Å². The SMILES string of the molecule is CC(C)Oc1ccc(C(C)C(=O)c2ccc(O)c(OC(C)C)c2O)cc1.CC(C)Oc1ccc(C(C)C(=O)c2ccc(OC(C)C)c(O)c2OC(C)C)cc1.CC(C)Oc1ccc(C(C)C(=O)c2ccc(OC(C)C)c(OC(C)C)c2O)cc1.[CH3-].[Y]. The summed E-state index contributed by atoms with van der Waals surface area (Å²) in [6.07, 6.45) is -0.573. The Morgan fingerprint density at radius 2 is 0.558 bits per heavy atom. The fraction of sp³-hybridized carbons (Fsp3) is 0.429. The molecule has 3 atom stereocenters. The van der Waals surface area contributed by atoms with Crippen LogP contribution < -0.4 is 37.9 Å². The monoisotopic (exact) mass is 1260 g/mol. The van der Waals surface area contributed by atoms with Crippen LogP contribution in [0.25, 0.3) is 0 Å². The second-order valence-electron chi connectivity index (χ2n) is 22.7. The number of benzene rings is 6. The molecule has 6 aromatic carbocycles. The van der Waals surface area contributed by atoms with E-state index in [1.165, 1.54) is 12.1 Å². The molecule has 0 bridgehead atoms. The summed E-state index contributed by atoms with van der Waals surface area (Å²) in [5, 5.41) is 41.8. The summed E-state index contributed by atoms with van der Waals surface area (Å²) >= 11 is 0. The van der Waals surface area contributed by atoms with Crippen molar-refractivity contribution in [2.24, 2.45) is 0 Å². The Morgan fingerprint density at radius 3 is 0.907 bits per heavy atom. The van der Waals surface area contributed by atoms with E-state index in [1.807, 2.05) is 184 Å². The van der Waals surface area contributed by atoms with Gasteiger partial charge in [-0.2, -0.15) is 0 Å². The number of hydrogen-bond acceptors (Lipinski definition) is 15. The molecule has 0 aliphatic heterocycles. The van der Waals surface area contributed by atoms with Gasteiger partial charge in [0.2, 0.25) is 17.2 Å². The van der Waals surface area contributed by atoms with Gasteiger partial charge in [-0.25, -0.2) is 0 Å². The maximum absolute atomic E-state index is 13.2. The molecule has 6 aromatic rings. The van der Waals surface area contributed by atoms with Gasteiger partial charge in [-0.3, -0.25) is 14.4 Å². The maximum atomic E-state index is 13.2. The van der Waals surface area contributed by atoms with E-state index in [1.54, 1.807) is 45.0 Å². The molecule has 6 rings (SSSR count). The molecule has 0 aliphatic rings. The number of carbonyl (C=O) groups excluding carboxylic acids is 3. The fourth-order valence-corrected chi connectivity index (χ4v) is 8.49. The number of hydrogen-bond donors (Lipinski definition) is 4. The van der Waals surface area contributed by atoms with E-state index in [-0.39, 0.29) is 158 Å². The minimum Gasteiger partial charge on any atom is -0.504 e. The predicted molar refractivity (Wildman–Crippen MR) is 336 cm³/mol. The molecular formula is C70H93O15Y-. The molecule has 15 nitrogen and oxygen atoms in total. The number of aromatic hydroxyl groups is 4. The zero-order valence-corrected chi connectivity index (χ0v) is 56.9. The van der Waals surface area contributed by atoms with Crippen molar-refractivity contribution in [3.63, 3.8) is 0 Å². The van der Waals surface area contributed by atoms with Crippen molar-refractivity contribution in [3.8, 4) is 69.0 Å². The molecule has 0 spiro atoms. The van der Waals surface area contributed by atoms with Gasteiger partial charge in [0.15, 0.2) is 51.8 Å². The Balaban J connectivity index is 0.000000436. The standard InChI is InChI=1S/2C24H32O5.C21H26O5.CH3.Y/c1-14(2)27-19-10-8-18(9-11-19)17(7)22(25)20-12-13-21(28-15(3)4)23(26)24(20)29-16(5)6;1-14(2)27-19-10-8-18(9-11-19)17(7)22(25)20-12-13-21(28-15(3)4)24(23(20)26)29-16(5)6;1-12(2)25-16-8-6-15(7-9-16)14(5)19(23)17-10-11-18(22)21(20(17)24)26-13(3)4;;/h2*8-17,26H,1-7H3;6-14,22,24H,1-5H3;1H3;/q;;;-1;. The first-order valence-corrected chi connectivity index (χ1v) is 28.9. The van der Waals surface area contributed by atoms with Crippen LogP contribution in [0.2, 0.25) is 0 Å². The first-order valence-electron chi connectivity index (χ1n) is 28.9. The predicted octanol–water partition coefficient (Wildman–Crippen LogP) is 16.6. The third-order valence-corrected chi connectivity index (χ3v) is 12.3. The molecule has 16 heteroatoms. The second-order valence-corrected chi connectivity index (χ2v) is 22.7. The minimum absolute atomic E-state index is 0. The van der Waals surface area contributed by atoms with Crippen LogP contribution in [0, 0.1) is 7.43 Å². The number of phenols is 4. The van der Waals surface area contributed by atoms with E-state index in [9.17, 15) is 34.8 Å². The largest absolute Gasteiger partial charge is 0.504 e. The Hall–Kier alpha value is -6.97. The van der Waals surface area contributed by atoms with Crippen LogP contribution in [-0.4, -0.2) is 86.6 Å². The second kappa shape index (κ2) is 35.0. The van der Waals surface area contributed by atoms with Gasteiger partial charge in [-0.15, -0.1) is 0 Å². The number of Topliss-reactive ketones (excluding diaryl/α,β-unsaturated/α-hetero) is 3. The van der Waals surface area contributed by atoms with Crippen molar-refractivity contribution in [1.29, 1.82) is 0 Å². The van der Waals surface area contributed by atoms with Crippen LogP contribution in [-0.2, 0) is 32.7 Å². The molecule has 86 heavy (non-hydrogen) atoms. The van der Waals surface area contributed by atoms with Crippen molar-refractivity contribution in [2.75, 3.05) is 0 Å². The van der Waals surface area contributed by atoms with E-state index < -0.39 is 17.8 Å². The van der Waals surface area contributed by atoms with E-state index in [2.05, 4.69) is 0 Å².